The van der Waals surface area contributed by atoms with Crippen LogP contribution in [0.5, 0.6) is 5.75 Å². The number of hydrogen-bond acceptors (Lipinski definition) is 4. The highest BCUT2D eigenvalue weighted by Crippen LogP contribution is 2.27. The van der Waals surface area contributed by atoms with Gasteiger partial charge in [0.25, 0.3) is 17.7 Å². The summed E-state index contributed by atoms with van der Waals surface area (Å²) in [6.45, 7) is 0. The summed E-state index contributed by atoms with van der Waals surface area (Å²) in [7, 11) is 0. The number of aromatic amines is 1. The minimum atomic E-state index is -3.18. The number of halogens is 2. The van der Waals surface area contributed by atoms with E-state index in [4.69, 9.17) is 5.11 Å². The van der Waals surface area contributed by atoms with Crippen LogP contribution < -0.4 is 5.56 Å². The fraction of sp³-hybridized carbons (Fsp3) is 0.167. The Morgan fingerprint density at radius 1 is 1.57 bits per heavy atom. The first kappa shape index (κ1) is 10.1. The largest absolute Gasteiger partial charge is 0.503 e. The summed E-state index contributed by atoms with van der Waals surface area (Å²) < 4.78 is 24.3. The molecule has 0 aliphatic carbocycles. The van der Waals surface area contributed by atoms with Gasteiger partial charge in [-0.15, -0.1) is 0 Å². The zero-order valence-electron chi connectivity index (χ0n) is 6.53. The number of alkyl halides is 2. The molecule has 0 aromatic carbocycles. The van der Waals surface area contributed by atoms with Gasteiger partial charge >= 0.3 is 0 Å². The van der Waals surface area contributed by atoms with Crippen molar-refractivity contribution in [3.63, 3.8) is 0 Å². The molecule has 14 heavy (non-hydrogen) atoms. The van der Waals surface area contributed by atoms with Gasteiger partial charge in [-0.3, -0.25) is 14.9 Å². The van der Waals surface area contributed by atoms with Crippen molar-refractivity contribution in [2.75, 3.05) is 0 Å². The number of nitro groups is 1. The lowest BCUT2D eigenvalue weighted by Gasteiger charge is -2.00. The summed E-state index contributed by atoms with van der Waals surface area (Å²) in [5.41, 5.74) is -3.32. The first-order valence-corrected chi connectivity index (χ1v) is 3.32. The van der Waals surface area contributed by atoms with Crippen molar-refractivity contribution in [2.45, 2.75) is 6.43 Å². The molecule has 0 fully saturated rings. The first-order chi connectivity index (χ1) is 6.43. The number of aromatic hydroxyl groups is 1. The molecule has 1 aromatic heterocycles. The predicted molar refractivity (Wildman–Crippen MR) is 40.3 cm³/mol. The molecule has 6 nitrogen and oxygen atoms in total. The molecule has 76 valence electrons. The fourth-order valence-electron chi connectivity index (χ4n) is 0.841. The first-order valence-electron chi connectivity index (χ1n) is 3.32. The quantitative estimate of drug-likeness (QED) is 0.555. The van der Waals surface area contributed by atoms with E-state index >= 15 is 0 Å². The summed E-state index contributed by atoms with van der Waals surface area (Å²) >= 11 is 0. The Labute approximate surface area is 75.0 Å². The smallest absolute Gasteiger partial charge is 0.298 e. The Kier molecular flexibility index (Phi) is 2.45. The highest BCUT2D eigenvalue weighted by molar-refractivity contribution is 5.40. The van der Waals surface area contributed by atoms with E-state index in [1.165, 1.54) is 4.98 Å². The summed E-state index contributed by atoms with van der Waals surface area (Å²) in [5, 5.41) is 19.0. The van der Waals surface area contributed by atoms with Crippen LogP contribution >= 0.6 is 0 Å². The molecule has 2 N–H and O–H groups in total. The van der Waals surface area contributed by atoms with Crippen LogP contribution in [0.4, 0.5) is 14.5 Å². The van der Waals surface area contributed by atoms with E-state index in [0.29, 0.717) is 6.07 Å². The maximum Gasteiger partial charge on any atom is 0.298 e. The average Bonchev–Trinajstić information content (AvgIpc) is 2.08. The third-order valence-corrected chi connectivity index (χ3v) is 1.45. The summed E-state index contributed by atoms with van der Waals surface area (Å²) in [6.07, 6.45) is -3.18. The molecule has 1 rings (SSSR count). The minimum absolute atomic E-state index is 0.389. The fourth-order valence-corrected chi connectivity index (χ4v) is 0.841. The van der Waals surface area contributed by atoms with Gasteiger partial charge in [0.2, 0.25) is 0 Å². The van der Waals surface area contributed by atoms with Crippen molar-refractivity contribution in [3.05, 3.63) is 32.2 Å². The number of pyridine rings is 1. The Morgan fingerprint density at radius 2 is 2.14 bits per heavy atom. The molecule has 1 aromatic rings. The van der Waals surface area contributed by atoms with Crippen LogP contribution in [0, 0.1) is 10.1 Å². The molecule has 0 saturated heterocycles. The van der Waals surface area contributed by atoms with Crippen molar-refractivity contribution in [1.29, 1.82) is 0 Å². The van der Waals surface area contributed by atoms with Crippen molar-refractivity contribution < 1.29 is 18.8 Å². The minimum Gasteiger partial charge on any atom is -0.503 e. The van der Waals surface area contributed by atoms with Crippen molar-refractivity contribution in [1.82, 2.24) is 4.98 Å². The number of H-pyrrole nitrogens is 1. The van der Waals surface area contributed by atoms with Crippen molar-refractivity contribution in [3.8, 4) is 5.75 Å². The molecule has 0 atom stereocenters. The van der Waals surface area contributed by atoms with Gasteiger partial charge in [0.1, 0.15) is 0 Å². The van der Waals surface area contributed by atoms with Gasteiger partial charge < -0.3 is 10.1 Å². The molecular formula is C6H4F2N2O4. The second-order valence-electron chi connectivity index (χ2n) is 2.34. The van der Waals surface area contributed by atoms with Crippen LogP contribution in [0.15, 0.2) is 10.9 Å². The normalized spacial score (nSPS) is 10.5. The number of hydrogen-bond donors (Lipinski definition) is 2. The van der Waals surface area contributed by atoms with Crippen molar-refractivity contribution in [2.24, 2.45) is 0 Å². The third kappa shape index (κ3) is 1.68. The van der Waals surface area contributed by atoms with Crippen LogP contribution in [-0.4, -0.2) is 15.0 Å². The summed E-state index contributed by atoms with van der Waals surface area (Å²) in [6, 6.07) is 0.389. The number of nitrogens with one attached hydrogen (secondary N) is 1. The van der Waals surface area contributed by atoms with Gasteiger partial charge in [-0.2, -0.15) is 0 Å². The second-order valence-corrected chi connectivity index (χ2v) is 2.34. The molecule has 0 saturated carbocycles. The lowest BCUT2D eigenvalue weighted by atomic mass is 10.3. The Bertz CT molecular complexity index is 428. The van der Waals surface area contributed by atoms with Crippen molar-refractivity contribution >= 4 is 5.69 Å². The topological polar surface area (TPSA) is 96.2 Å². The second kappa shape index (κ2) is 3.40. The van der Waals surface area contributed by atoms with Crippen LogP contribution in [0.25, 0.3) is 0 Å². The molecule has 0 unspecified atom stereocenters. The maximum absolute atomic E-state index is 12.1. The summed E-state index contributed by atoms with van der Waals surface area (Å²) in [5.74, 6) is -0.971. The number of nitrogens with zero attached hydrogens (tertiary/aromatic N) is 1. The standard InChI is InChI=1S/C6H4F2N2O4/c7-5(8)4-2(10(13)14)1-3(11)6(12)9-4/h1,5,11H,(H,9,12). The zero-order valence-corrected chi connectivity index (χ0v) is 6.53. The van der Waals surface area contributed by atoms with Gasteiger partial charge in [0.05, 0.1) is 11.0 Å². The van der Waals surface area contributed by atoms with Crippen LogP contribution in [-0.2, 0) is 0 Å². The van der Waals surface area contributed by atoms with E-state index in [1.807, 2.05) is 0 Å². The lowest BCUT2D eigenvalue weighted by Crippen LogP contribution is -2.11. The SMILES string of the molecule is O=c1[nH]c(C(F)F)c([N+](=O)[O-])cc1O. The predicted octanol–water partition coefficient (Wildman–Crippen LogP) is 0.926. The number of rotatable bonds is 2. The van der Waals surface area contributed by atoms with E-state index in [2.05, 4.69) is 0 Å². The van der Waals surface area contributed by atoms with Gasteiger partial charge in [-0.05, 0) is 0 Å². The van der Waals surface area contributed by atoms with Crippen LogP contribution in [0.2, 0.25) is 0 Å². The van der Waals surface area contributed by atoms with Gasteiger partial charge in [0, 0.05) is 0 Å². The molecule has 0 aliphatic rings. The molecular weight excluding hydrogens is 202 g/mol. The Morgan fingerprint density at radius 3 is 2.57 bits per heavy atom. The third-order valence-electron chi connectivity index (χ3n) is 1.45. The number of aromatic nitrogens is 1. The van der Waals surface area contributed by atoms with E-state index in [0.717, 1.165) is 0 Å². The maximum atomic E-state index is 12.1. The van der Waals surface area contributed by atoms with Gasteiger partial charge in [0.15, 0.2) is 11.4 Å². The highest BCUT2D eigenvalue weighted by Gasteiger charge is 2.24. The van der Waals surface area contributed by atoms with E-state index in [9.17, 15) is 23.7 Å². The summed E-state index contributed by atoms with van der Waals surface area (Å²) in [4.78, 5) is 21.3. The van der Waals surface area contributed by atoms with Crippen LogP contribution in [0.3, 0.4) is 0 Å². The molecule has 0 bridgehead atoms. The highest BCUT2D eigenvalue weighted by atomic mass is 19.3. The molecule has 1 heterocycles. The lowest BCUT2D eigenvalue weighted by molar-refractivity contribution is -0.386. The Hall–Kier alpha value is -1.99. The molecule has 0 radical (unpaired) electrons. The molecule has 8 heteroatoms. The average molecular weight is 206 g/mol. The van der Waals surface area contributed by atoms with Crippen LogP contribution in [0.1, 0.15) is 12.1 Å². The van der Waals surface area contributed by atoms with E-state index in [-0.39, 0.29) is 0 Å². The van der Waals surface area contributed by atoms with Gasteiger partial charge in [-0.25, -0.2) is 8.78 Å². The van der Waals surface area contributed by atoms with E-state index < -0.39 is 34.0 Å². The molecule has 0 spiro atoms. The molecule has 0 aliphatic heterocycles. The zero-order chi connectivity index (χ0) is 10.9. The monoisotopic (exact) mass is 206 g/mol. The van der Waals surface area contributed by atoms with Gasteiger partial charge in [-0.1, -0.05) is 0 Å². The van der Waals surface area contributed by atoms with E-state index in [1.54, 1.807) is 0 Å². The Balaban J connectivity index is 3.47. The molecule has 0 amide bonds.